The summed E-state index contributed by atoms with van der Waals surface area (Å²) in [5.41, 5.74) is 0.706. The molecule has 0 unspecified atom stereocenters. The average molecular weight is 332 g/mol. The van der Waals surface area contributed by atoms with Crippen molar-refractivity contribution in [2.75, 3.05) is 6.61 Å². The molecule has 0 aliphatic heterocycles. The van der Waals surface area contributed by atoms with Gasteiger partial charge in [-0.1, -0.05) is 15.9 Å². The van der Waals surface area contributed by atoms with E-state index in [0.29, 0.717) is 28.8 Å². The summed E-state index contributed by atoms with van der Waals surface area (Å²) in [5.74, 6) is 5.88. The van der Waals surface area contributed by atoms with Crippen molar-refractivity contribution < 1.29 is 13.2 Å². The lowest BCUT2D eigenvalue weighted by Gasteiger charge is -2.12. The van der Waals surface area contributed by atoms with E-state index in [9.17, 15) is 8.42 Å². The van der Waals surface area contributed by atoms with Gasteiger partial charge in [0.05, 0.1) is 6.61 Å². The topological polar surface area (TPSA) is 69.4 Å². The standard InChI is InChI=1S/C12H14BrNO3S/c1-3-4-5-6-17-12-9(2)7-10(13)8-11(12)18(14,15)16/h7-8H,5-6H2,1-2H3,(H2,14,15,16). The van der Waals surface area contributed by atoms with Crippen molar-refractivity contribution in [3.8, 4) is 17.6 Å². The molecule has 2 N–H and O–H groups in total. The highest BCUT2D eigenvalue weighted by Crippen LogP contribution is 2.30. The third-order valence-electron chi connectivity index (χ3n) is 2.16. The number of halogens is 1. The van der Waals surface area contributed by atoms with Crippen LogP contribution in [0.5, 0.6) is 5.75 Å². The molecule has 18 heavy (non-hydrogen) atoms. The van der Waals surface area contributed by atoms with Crippen molar-refractivity contribution in [1.29, 1.82) is 0 Å². The SMILES string of the molecule is CC#CCCOc1c(C)cc(Br)cc1S(N)(=O)=O. The number of ether oxygens (including phenoxy) is 1. The van der Waals surface area contributed by atoms with E-state index in [2.05, 4.69) is 27.8 Å². The molecule has 0 heterocycles. The summed E-state index contributed by atoms with van der Waals surface area (Å²) in [7, 11) is -3.81. The first-order valence-corrected chi connectivity index (χ1v) is 7.55. The van der Waals surface area contributed by atoms with Crippen molar-refractivity contribution >= 4 is 26.0 Å². The number of sulfonamides is 1. The second kappa shape index (κ2) is 6.23. The summed E-state index contributed by atoms with van der Waals surface area (Å²) < 4.78 is 29.1. The van der Waals surface area contributed by atoms with Crippen molar-refractivity contribution in [3.63, 3.8) is 0 Å². The lowest BCUT2D eigenvalue weighted by Crippen LogP contribution is -2.15. The van der Waals surface area contributed by atoms with Crippen LogP contribution in [0.2, 0.25) is 0 Å². The Balaban J connectivity index is 3.11. The predicted molar refractivity (Wildman–Crippen MR) is 73.8 cm³/mol. The summed E-state index contributed by atoms with van der Waals surface area (Å²) in [6.45, 7) is 3.83. The number of aryl methyl sites for hydroxylation is 1. The Morgan fingerprint density at radius 1 is 1.44 bits per heavy atom. The molecule has 1 aromatic rings. The molecule has 0 saturated heterocycles. The minimum atomic E-state index is -3.81. The highest BCUT2D eigenvalue weighted by molar-refractivity contribution is 9.10. The van der Waals surface area contributed by atoms with Gasteiger partial charge < -0.3 is 4.74 Å². The molecule has 0 aromatic heterocycles. The number of hydrogen-bond acceptors (Lipinski definition) is 3. The zero-order valence-electron chi connectivity index (χ0n) is 10.2. The molecule has 4 nitrogen and oxygen atoms in total. The predicted octanol–water partition coefficient (Wildman–Crippen LogP) is 2.20. The van der Waals surface area contributed by atoms with E-state index in [0.717, 1.165) is 0 Å². The molecule has 0 atom stereocenters. The number of primary sulfonamides is 1. The first-order chi connectivity index (χ1) is 8.36. The summed E-state index contributed by atoms with van der Waals surface area (Å²) in [5, 5.41) is 5.17. The molecule has 0 amide bonds. The molecular weight excluding hydrogens is 318 g/mol. The van der Waals surface area contributed by atoms with Crippen LogP contribution in [0, 0.1) is 18.8 Å². The van der Waals surface area contributed by atoms with Crippen LogP contribution in [0.25, 0.3) is 0 Å². The van der Waals surface area contributed by atoms with E-state index in [4.69, 9.17) is 9.88 Å². The summed E-state index contributed by atoms with van der Waals surface area (Å²) >= 11 is 3.23. The fraction of sp³-hybridized carbons (Fsp3) is 0.333. The Morgan fingerprint density at radius 3 is 2.67 bits per heavy atom. The van der Waals surface area contributed by atoms with Crippen LogP contribution in [0.4, 0.5) is 0 Å². The first kappa shape index (κ1) is 15.0. The van der Waals surface area contributed by atoms with Gasteiger partial charge in [-0.2, -0.15) is 0 Å². The Hall–Kier alpha value is -1.03. The van der Waals surface area contributed by atoms with Crippen LogP contribution in [0.15, 0.2) is 21.5 Å². The summed E-state index contributed by atoms with van der Waals surface area (Å²) in [6, 6.07) is 3.21. The van der Waals surface area contributed by atoms with Gasteiger partial charge in [-0.05, 0) is 31.5 Å². The smallest absolute Gasteiger partial charge is 0.241 e. The average Bonchev–Trinajstić information content (AvgIpc) is 2.24. The summed E-state index contributed by atoms with van der Waals surface area (Å²) in [4.78, 5) is -0.0150. The minimum Gasteiger partial charge on any atom is -0.491 e. The molecule has 0 aliphatic rings. The summed E-state index contributed by atoms with van der Waals surface area (Å²) in [6.07, 6.45) is 0.538. The molecule has 0 spiro atoms. The number of hydrogen-bond donors (Lipinski definition) is 1. The van der Waals surface area contributed by atoms with E-state index in [1.54, 1.807) is 19.9 Å². The second-order valence-corrected chi connectivity index (χ2v) is 6.07. The molecule has 0 saturated carbocycles. The highest BCUT2D eigenvalue weighted by Gasteiger charge is 2.18. The van der Waals surface area contributed by atoms with Gasteiger partial charge in [0, 0.05) is 10.9 Å². The number of rotatable bonds is 4. The normalized spacial score (nSPS) is 10.7. The molecule has 0 fully saturated rings. The maximum absolute atomic E-state index is 11.5. The van der Waals surface area contributed by atoms with Gasteiger partial charge in [0.25, 0.3) is 0 Å². The van der Waals surface area contributed by atoms with Crippen LogP contribution in [0.1, 0.15) is 18.9 Å². The Morgan fingerprint density at radius 2 is 2.11 bits per heavy atom. The molecule has 0 bridgehead atoms. The van der Waals surface area contributed by atoms with Gasteiger partial charge in [0.15, 0.2) is 0 Å². The van der Waals surface area contributed by atoms with Crippen molar-refractivity contribution in [2.45, 2.75) is 25.2 Å². The van der Waals surface area contributed by atoms with Crippen molar-refractivity contribution in [3.05, 3.63) is 22.2 Å². The van der Waals surface area contributed by atoms with E-state index < -0.39 is 10.0 Å². The van der Waals surface area contributed by atoms with Crippen LogP contribution < -0.4 is 9.88 Å². The largest absolute Gasteiger partial charge is 0.491 e. The fourth-order valence-electron chi connectivity index (χ4n) is 1.42. The van der Waals surface area contributed by atoms with Crippen molar-refractivity contribution in [1.82, 2.24) is 0 Å². The van der Waals surface area contributed by atoms with Gasteiger partial charge in [-0.25, -0.2) is 13.6 Å². The van der Waals surface area contributed by atoms with Crippen LogP contribution in [-0.2, 0) is 10.0 Å². The van der Waals surface area contributed by atoms with Gasteiger partial charge in [0.1, 0.15) is 10.6 Å². The molecular formula is C12H14BrNO3S. The van der Waals surface area contributed by atoms with Gasteiger partial charge >= 0.3 is 0 Å². The highest BCUT2D eigenvalue weighted by atomic mass is 79.9. The molecule has 0 radical (unpaired) electrons. The lowest BCUT2D eigenvalue weighted by atomic mass is 10.2. The monoisotopic (exact) mass is 331 g/mol. The van der Waals surface area contributed by atoms with E-state index in [1.165, 1.54) is 6.07 Å². The Kier molecular flexibility index (Phi) is 5.20. The third-order valence-corrected chi connectivity index (χ3v) is 3.54. The van der Waals surface area contributed by atoms with Crippen LogP contribution in [0.3, 0.4) is 0 Å². The zero-order chi connectivity index (χ0) is 13.8. The number of nitrogens with two attached hydrogens (primary N) is 1. The first-order valence-electron chi connectivity index (χ1n) is 5.21. The molecule has 98 valence electrons. The molecule has 0 aliphatic carbocycles. The van der Waals surface area contributed by atoms with E-state index in [1.807, 2.05) is 0 Å². The Labute approximate surface area is 116 Å². The van der Waals surface area contributed by atoms with Gasteiger partial charge in [-0.3, -0.25) is 0 Å². The van der Waals surface area contributed by atoms with Crippen LogP contribution in [-0.4, -0.2) is 15.0 Å². The van der Waals surface area contributed by atoms with E-state index in [-0.39, 0.29) is 4.90 Å². The molecule has 6 heteroatoms. The number of benzene rings is 1. The minimum absolute atomic E-state index is 0.0150. The fourth-order valence-corrected chi connectivity index (χ4v) is 2.92. The van der Waals surface area contributed by atoms with Gasteiger partial charge in [-0.15, -0.1) is 11.8 Å². The van der Waals surface area contributed by atoms with E-state index >= 15 is 0 Å². The molecule has 1 aromatic carbocycles. The lowest BCUT2D eigenvalue weighted by molar-refractivity contribution is 0.316. The second-order valence-electron chi connectivity index (χ2n) is 3.62. The Bertz CT molecular complexity index is 600. The molecule has 1 rings (SSSR count). The van der Waals surface area contributed by atoms with Crippen LogP contribution >= 0.6 is 15.9 Å². The quantitative estimate of drug-likeness (QED) is 0.679. The zero-order valence-corrected chi connectivity index (χ0v) is 12.6. The third kappa shape index (κ3) is 4.02. The maximum atomic E-state index is 11.5. The maximum Gasteiger partial charge on any atom is 0.241 e. The van der Waals surface area contributed by atoms with Gasteiger partial charge in [0.2, 0.25) is 10.0 Å². The van der Waals surface area contributed by atoms with Crippen molar-refractivity contribution in [2.24, 2.45) is 5.14 Å².